The van der Waals surface area contributed by atoms with Gasteiger partial charge in [0.05, 0.1) is 17.1 Å². The fourth-order valence-corrected chi connectivity index (χ4v) is 5.45. The molecule has 0 atom stereocenters. The largest absolute Gasteiger partial charge is 3.00 e. The molecular weight excluding hydrogens is 643 g/mol. The van der Waals surface area contributed by atoms with E-state index in [-0.39, 0.29) is 25.5 Å². The van der Waals surface area contributed by atoms with Gasteiger partial charge in [-0.2, -0.15) is 12.1 Å². The minimum absolute atomic E-state index is 0. The molecule has 0 aliphatic carbocycles. The number of benzene rings is 4. The van der Waals surface area contributed by atoms with Crippen molar-refractivity contribution in [3.8, 4) is 16.9 Å². The van der Waals surface area contributed by atoms with Crippen molar-refractivity contribution in [2.24, 2.45) is 0 Å². The first-order valence-electron chi connectivity index (χ1n) is 12.8. The zero-order valence-electron chi connectivity index (χ0n) is 22.0. The van der Waals surface area contributed by atoms with Gasteiger partial charge in [-0.05, 0) is 31.0 Å². The van der Waals surface area contributed by atoms with Gasteiger partial charge in [-0.25, -0.2) is 0 Å². The number of hydrogen-bond acceptors (Lipinski definition) is 1. The van der Waals surface area contributed by atoms with Gasteiger partial charge in [0.25, 0.3) is 0 Å². The molecule has 0 unspecified atom stereocenters. The van der Waals surface area contributed by atoms with E-state index in [0.717, 1.165) is 16.9 Å². The summed E-state index contributed by atoms with van der Waals surface area (Å²) in [6.07, 6.45) is 5.38. The monoisotopic (exact) mass is 672 g/mol. The third-order valence-electron chi connectivity index (χ3n) is 7.23. The number of fused-ring (bicyclic) bond motifs is 4. The molecule has 0 saturated carbocycles. The van der Waals surface area contributed by atoms with Crippen LogP contribution in [0.4, 0.5) is 0 Å². The van der Waals surface area contributed by atoms with Gasteiger partial charge in [-0.1, -0.05) is 73.6 Å². The Morgan fingerprint density at radius 3 is 2.39 bits per heavy atom. The Balaban J connectivity index is 0.000000191. The van der Waals surface area contributed by atoms with Crippen molar-refractivity contribution in [2.75, 3.05) is 0 Å². The van der Waals surface area contributed by atoms with Crippen LogP contribution in [0.1, 0.15) is 44.9 Å². The Bertz CT molecular complexity index is 1680. The van der Waals surface area contributed by atoms with Crippen LogP contribution in [-0.2, 0) is 25.5 Å². The molecule has 4 aromatic carbocycles. The van der Waals surface area contributed by atoms with Crippen molar-refractivity contribution in [3.63, 3.8) is 0 Å². The molecule has 4 heteroatoms. The summed E-state index contributed by atoms with van der Waals surface area (Å²) in [6, 6.07) is 38.1. The Hall–Kier alpha value is -3.59. The normalized spacial score (nSPS) is 13.0. The quantitative estimate of drug-likeness (QED) is 0.139. The van der Waals surface area contributed by atoms with Crippen LogP contribution in [0.2, 0.25) is 0 Å². The molecule has 38 heavy (non-hydrogen) atoms. The molecule has 0 amide bonds. The molecule has 0 fully saturated rings. The number of imidazole rings is 1. The van der Waals surface area contributed by atoms with Crippen LogP contribution in [0.5, 0.6) is 0 Å². The van der Waals surface area contributed by atoms with E-state index in [1.807, 2.05) is 42.5 Å². The molecule has 0 spiro atoms. The Morgan fingerprint density at radius 2 is 1.66 bits per heavy atom. The molecule has 3 heterocycles. The summed E-state index contributed by atoms with van der Waals surface area (Å²) in [6.45, 7) is 9.08. The SMILES string of the molecule is CC(C)n1[c-][n+]2c3c(cccc31)C(C)(C)c1c-2[c-]cc2ccccc12.[Ir+3].[c-]1ccccc1-c1ccccn1. The maximum atomic E-state index is 4.22. The van der Waals surface area contributed by atoms with Crippen molar-refractivity contribution >= 4 is 21.8 Å². The van der Waals surface area contributed by atoms with E-state index < -0.39 is 0 Å². The van der Waals surface area contributed by atoms with Gasteiger partial charge in [0.1, 0.15) is 0 Å². The fraction of sp³-hybridized carbons (Fsp3) is 0.176. The van der Waals surface area contributed by atoms with Crippen molar-refractivity contribution in [1.82, 2.24) is 9.55 Å². The van der Waals surface area contributed by atoms with Crippen molar-refractivity contribution < 1.29 is 24.7 Å². The minimum Gasteiger partial charge on any atom is -0.341 e. The van der Waals surface area contributed by atoms with Crippen LogP contribution in [0.25, 0.3) is 38.8 Å². The van der Waals surface area contributed by atoms with Crippen LogP contribution >= 0.6 is 0 Å². The molecule has 1 aliphatic rings. The molecule has 0 N–H and O–H groups in total. The zero-order valence-corrected chi connectivity index (χ0v) is 24.4. The average Bonchev–Trinajstić information content (AvgIpc) is 3.33. The van der Waals surface area contributed by atoms with Crippen molar-refractivity contribution in [3.05, 3.63) is 127 Å². The fourth-order valence-electron chi connectivity index (χ4n) is 5.45. The molecule has 3 nitrogen and oxygen atoms in total. The average molecular weight is 672 g/mol. The van der Waals surface area contributed by atoms with Gasteiger partial charge in [0.15, 0.2) is 0 Å². The molecule has 188 valence electrons. The number of rotatable bonds is 2. The third-order valence-corrected chi connectivity index (χ3v) is 7.23. The second-order valence-electron chi connectivity index (χ2n) is 10.3. The number of aromatic nitrogens is 3. The first kappa shape index (κ1) is 26.0. The summed E-state index contributed by atoms with van der Waals surface area (Å²) >= 11 is 0. The van der Waals surface area contributed by atoms with Gasteiger partial charge in [-0.3, -0.25) is 0 Å². The minimum atomic E-state index is -0.0801. The number of para-hydroxylation sites is 1. The molecule has 2 aromatic heterocycles. The maximum Gasteiger partial charge on any atom is 3.00 e. The summed E-state index contributed by atoms with van der Waals surface area (Å²) in [5.74, 6) is 0. The van der Waals surface area contributed by atoms with E-state index in [1.165, 1.54) is 32.9 Å². The van der Waals surface area contributed by atoms with Crippen LogP contribution in [0.15, 0.2) is 97.2 Å². The number of nitrogens with zero attached hydrogens (tertiary/aromatic N) is 3. The summed E-state index contributed by atoms with van der Waals surface area (Å²) in [5.41, 5.74) is 8.27. The van der Waals surface area contributed by atoms with Gasteiger partial charge < -0.3 is 14.1 Å². The van der Waals surface area contributed by atoms with Crippen molar-refractivity contribution in [1.29, 1.82) is 0 Å². The molecule has 7 rings (SSSR count). The van der Waals surface area contributed by atoms with Gasteiger partial charge >= 0.3 is 20.1 Å². The molecule has 0 saturated heterocycles. The summed E-state index contributed by atoms with van der Waals surface area (Å²) in [4.78, 5) is 4.22. The molecule has 6 aromatic rings. The Kier molecular flexibility index (Phi) is 7.05. The first-order valence-corrected chi connectivity index (χ1v) is 12.8. The molecule has 0 radical (unpaired) electrons. The smallest absolute Gasteiger partial charge is 0.341 e. The third kappa shape index (κ3) is 4.28. The first-order chi connectivity index (χ1) is 18.0. The van der Waals surface area contributed by atoms with E-state index >= 15 is 0 Å². The standard InChI is InChI=1S/C23H21N2.C11H8N.Ir/c1-15(2)24-14-25-19-13-12-16-8-5-6-9-17(16)21(19)23(3,4)18-10-7-11-20(24)22(18)25;1-2-6-10(7-3-1)11-8-4-5-9-12-11;/h5-12,15H,1-4H3;1-6,8-9H;/q2*-1;+3. The predicted octanol–water partition coefficient (Wildman–Crippen LogP) is 7.44. The second-order valence-corrected chi connectivity index (χ2v) is 10.3. The Morgan fingerprint density at radius 1 is 0.868 bits per heavy atom. The van der Waals surface area contributed by atoms with Gasteiger partial charge in [0.2, 0.25) is 6.33 Å². The number of pyridine rings is 1. The van der Waals surface area contributed by atoms with E-state index in [4.69, 9.17) is 0 Å². The molecular formula is C34H29IrN3+. The summed E-state index contributed by atoms with van der Waals surface area (Å²) in [7, 11) is 0. The Labute approximate surface area is 238 Å². The van der Waals surface area contributed by atoms with Crippen LogP contribution in [0.3, 0.4) is 0 Å². The van der Waals surface area contributed by atoms with E-state index in [2.05, 4.69) is 109 Å². The van der Waals surface area contributed by atoms with Crippen LogP contribution in [-0.4, -0.2) is 9.55 Å². The predicted molar refractivity (Wildman–Crippen MR) is 150 cm³/mol. The van der Waals surface area contributed by atoms with Crippen molar-refractivity contribution in [2.45, 2.75) is 39.2 Å². The summed E-state index contributed by atoms with van der Waals surface area (Å²) in [5, 5.41) is 2.55. The zero-order chi connectivity index (χ0) is 25.6. The van der Waals surface area contributed by atoms with E-state index in [9.17, 15) is 0 Å². The van der Waals surface area contributed by atoms with Crippen LogP contribution in [0, 0.1) is 18.5 Å². The van der Waals surface area contributed by atoms with Crippen LogP contribution < -0.4 is 4.57 Å². The second kappa shape index (κ2) is 10.3. The van der Waals surface area contributed by atoms with E-state index in [1.54, 1.807) is 6.20 Å². The molecule has 1 aliphatic heterocycles. The van der Waals surface area contributed by atoms with Gasteiger partial charge in [0, 0.05) is 6.20 Å². The molecule has 0 bridgehead atoms. The maximum absolute atomic E-state index is 4.22. The van der Waals surface area contributed by atoms with Gasteiger partial charge in [-0.15, -0.1) is 58.3 Å². The van der Waals surface area contributed by atoms with E-state index in [0.29, 0.717) is 6.04 Å². The number of hydrogen-bond donors (Lipinski definition) is 0. The summed E-state index contributed by atoms with van der Waals surface area (Å²) < 4.78 is 4.46. The topological polar surface area (TPSA) is 21.7 Å².